The maximum absolute atomic E-state index is 13.8. The number of anilines is 2. The Morgan fingerprint density at radius 2 is 1.72 bits per heavy atom. The maximum atomic E-state index is 13.8. The Morgan fingerprint density at radius 3 is 2.42 bits per heavy atom. The van der Waals surface area contributed by atoms with Gasteiger partial charge in [0, 0.05) is 56.1 Å². The van der Waals surface area contributed by atoms with Gasteiger partial charge in [0.25, 0.3) is 0 Å². The van der Waals surface area contributed by atoms with E-state index in [1.54, 1.807) is 6.07 Å². The average molecular weight is 488 g/mol. The minimum absolute atomic E-state index is 0.165. The van der Waals surface area contributed by atoms with Gasteiger partial charge in [0.15, 0.2) is 5.78 Å². The van der Waals surface area contributed by atoms with Crippen molar-refractivity contribution < 1.29 is 14.3 Å². The first-order chi connectivity index (χ1) is 17.5. The summed E-state index contributed by atoms with van der Waals surface area (Å²) in [5.74, 6) is -0.165. The molecule has 3 aromatic rings. The fourth-order valence-electron chi connectivity index (χ4n) is 5.31. The van der Waals surface area contributed by atoms with E-state index >= 15 is 0 Å². The lowest BCUT2D eigenvalue weighted by Crippen LogP contribution is -2.54. The lowest BCUT2D eigenvalue weighted by molar-refractivity contribution is 0.0364. The van der Waals surface area contributed by atoms with Crippen LogP contribution < -0.4 is 15.6 Å². The lowest BCUT2D eigenvalue weighted by atomic mass is 10.0. The number of aromatic nitrogens is 2. The first-order valence-corrected chi connectivity index (χ1v) is 12.3. The van der Waals surface area contributed by atoms with Gasteiger partial charge in [0.2, 0.25) is 0 Å². The molecular weight excluding hydrogens is 458 g/mol. The molecule has 2 saturated heterocycles. The number of benzene rings is 2. The largest absolute Gasteiger partial charge is 0.379 e. The number of primary amides is 1. The van der Waals surface area contributed by atoms with Crippen molar-refractivity contribution in [3.8, 4) is 22.5 Å². The Bertz CT molecular complexity index is 1310. The number of urea groups is 1. The molecule has 3 aliphatic rings. The second-order valence-corrected chi connectivity index (χ2v) is 9.40. The number of ether oxygens (including phenoxy) is 1. The molecule has 186 valence electrons. The highest BCUT2D eigenvalue weighted by atomic mass is 16.5. The number of hydrogen-bond acceptors (Lipinski definition) is 7. The van der Waals surface area contributed by atoms with Gasteiger partial charge in [-0.3, -0.25) is 9.89 Å². The Morgan fingerprint density at radius 1 is 1.00 bits per heavy atom. The molecule has 0 bridgehead atoms. The molecule has 36 heavy (non-hydrogen) atoms. The number of hydrazine groups is 1. The first-order valence-electron chi connectivity index (χ1n) is 12.3. The monoisotopic (exact) mass is 487 g/mol. The van der Waals surface area contributed by atoms with E-state index in [-0.39, 0.29) is 5.78 Å². The third-order valence-electron chi connectivity index (χ3n) is 7.25. The number of likely N-dealkylation sites (N-methyl/N-ethyl adjacent to an activating group) is 1. The molecule has 10 heteroatoms. The van der Waals surface area contributed by atoms with Crippen molar-refractivity contribution in [2.24, 2.45) is 5.73 Å². The van der Waals surface area contributed by atoms with Crippen molar-refractivity contribution in [3.05, 3.63) is 53.6 Å². The number of rotatable bonds is 4. The lowest BCUT2D eigenvalue weighted by Gasteiger charge is -2.36. The van der Waals surface area contributed by atoms with E-state index < -0.39 is 6.03 Å². The van der Waals surface area contributed by atoms with Gasteiger partial charge in [-0.25, -0.2) is 14.8 Å². The Balaban J connectivity index is 1.33. The summed E-state index contributed by atoms with van der Waals surface area (Å²) in [4.78, 5) is 31.0. The van der Waals surface area contributed by atoms with E-state index in [1.807, 2.05) is 29.3 Å². The summed E-state index contributed by atoms with van der Waals surface area (Å²) < 4.78 is 5.43. The van der Waals surface area contributed by atoms with Crippen LogP contribution in [-0.4, -0.2) is 91.5 Å². The van der Waals surface area contributed by atoms with Gasteiger partial charge < -0.3 is 20.3 Å². The zero-order valence-electron chi connectivity index (χ0n) is 20.2. The molecule has 2 amide bonds. The fraction of sp³-hybridized carbons (Fsp3) is 0.346. The Kier molecular flexibility index (Phi) is 5.71. The Labute approximate surface area is 209 Å². The molecule has 2 aliphatic heterocycles. The van der Waals surface area contributed by atoms with Crippen LogP contribution in [-0.2, 0) is 4.74 Å². The van der Waals surface area contributed by atoms with Crippen LogP contribution in [0.3, 0.4) is 0 Å². The summed E-state index contributed by atoms with van der Waals surface area (Å²) in [6.07, 6.45) is 0. The number of nitrogens with one attached hydrogen (secondary N) is 1. The zero-order valence-corrected chi connectivity index (χ0v) is 20.2. The van der Waals surface area contributed by atoms with Gasteiger partial charge in [0.1, 0.15) is 5.69 Å². The molecule has 3 heterocycles. The minimum atomic E-state index is -0.633. The van der Waals surface area contributed by atoms with Crippen molar-refractivity contribution >= 4 is 23.2 Å². The molecule has 0 saturated carbocycles. The van der Waals surface area contributed by atoms with E-state index in [0.717, 1.165) is 37.3 Å². The zero-order chi connectivity index (χ0) is 24.8. The van der Waals surface area contributed by atoms with E-state index in [1.165, 1.54) is 10.7 Å². The number of carbonyl (C=O) groups is 2. The molecule has 6 rings (SSSR count). The summed E-state index contributed by atoms with van der Waals surface area (Å²) >= 11 is 0. The highest BCUT2D eigenvalue weighted by Crippen LogP contribution is 2.44. The van der Waals surface area contributed by atoms with Crippen molar-refractivity contribution in [1.29, 1.82) is 0 Å². The van der Waals surface area contributed by atoms with Crippen LogP contribution in [0.5, 0.6) is 0 Å². The molecule has 0 spiro atoms. The third kappa shape index (κ3) is 3.74. The predicted molar refractivity (Wildman–Crippen MR) is 137 cm³/mol. The molecule has 1 aromatic heterocycles. The Hall–Kier alpha value is -3.73. The number of hydrogen-bond donors (Lipinski definition) is 2. The average Bonchev–Trinajstić information content (AvgIpc) is 3.45. The topological polar surface area (TPSA) is 111 Å². The molecule has 0 unspecified atom stereocenters. The number of H-pyrrole nitrogens is 1. The molecular formula is C26H29N7O3. The normalized spacial score (nSPS) is 18.2. The first kappa shape index (κ1) is 22.7. The van der Waals surface area contributed by atoms with Gasteiger partial charge in [-0.2, -0.15) is 5.10 Å². The second-order valence-electron chi connectivity index (χ2n) is 9.40. The maximum Gasteiger partial charge on any atom is 0.334 e. The molecule has 2 fully saturated rings. The van der Waals surface area contributed by atoms with Crippen molar-refractivity contribution in [2.45, 2.75) is 0 Å². The van der Waals surface area contributed by atoms with E-state index in [9.17, 15) is 9.59 Å². The number of nitrogens with zero attached hydrogens (tertiary/aromatic N) is 5. The number of piperazine rings is 1. The SMILES string of the molecule is CN1CCN(c2ccc(-c3n[nH]c4c3C(=O)c3c-4cccc3N(C(N)=O)N3CCOCC3)cc2)CC1. The van der Waals surface area contributed by atoms with Gasteiger partial charge in [-0.1, -0.05) is 24.3 Å². The van der Waals surface area contributed by atoms with Crippen LogP contribution in [0, 0.1) is 0 Å². The molecule has 10 nitrogen and oxygen atoms in total. The fourth-order valence-corrected chi connectivity index (χ4v) is 5.31. The standard InChI is InChI=1S/C26H29N7O3/c1-30-9-11-31(12-10-30)18-7-5-17(6-8-18)23-22-24(29-28-23)19-3-2-4-20(21(19)25(22)34)33(26(27)35)32-13-15-36-16-14-32/h2-8H,9-16H2,1H3,(H2,27,35)(H,28,29). The summed E-state index contributed by atoms with van der Waals surface area (Å²) in [7, 11) is 2.14. The molecule has 0 atom stereocenters. The third-order valence-corrected chi connectivity index (χ3v) is 7.25. The van der Waals surface area contributed by atoms with E-state index in [0.29, 0.717) is 54.5 Å². The van der Waals surface area contributed by atoms with Gasteiger partial charge in [0.05, 0.1) is 35.7 Å². The van der Waals surface area contributed by atoms with E-state index in [4.69, 9.17) is 10.5 Å². The summed E-state index contributed by atoms with van der Waals surface area (Å²) in [6, 6.07) is 13.1. The van der Waals surface area contributed by atoms with Gasteiger partial charge in [-0.15, -0.1) is 0 Å². The van der Waals surface area contributed by atoms with Crippen LogP contribution in [0.25, 0.3) is 22.5 Å². The number of nitrogens with two attached hydrogens (primary N) is 1. The number of morpholine rings is 1. The molecule has 2 aromatic carbocycles. The van der Waals surface area contributed by atoms with Crippen LogP contribution in [0.1, 0.15) is 15.9 Å². The summed E-state index contributed by atoms with van der Waals surface area (Å²) in [5.41, 5.74) is 11.3. The summed E-state index contributed by atoms with van der Waals surface area (Å²) in [5, 5.41) is 10.8. The number of amides is 2. The van der Waals surface area contributed by atoms with Gasteiger partial charge >= 0.3 is 6.03 Å². The van der Waals surface area contributed by atoms with Crippen LogP contribution in [0.2, 0.25) is 0 Å². The number of ketones is 1. The van der Waals surface area contributed by atoms with Gasteiger partial charge in [-0.05, 0) is 25.2 Å². The highest BCUT2D eigenvalue weighted by Gasteiger charge is 2.38. The summed E-state index contributed by atoms with van der Waals surface area (Å²) in [6.45, 7) is 6.06. The number of carbonyl (C=O) groups excluding carboxylic acids is 2. The number of fused-ring (bicyclic) bond motifs is 3. The van der Waals surface area contributed by atoms with Crippen molar-refractivity contribution in [3.63, 3.8) is 0 Å². The van der Waals surface area contributed by atoms with Crippen LogP contribution in [0.15, 0.2) is 42.5 Å². The predicted octanol–water partition coefficient (Wildman–Crippen LogP) is 2.17. The van der Waals surface area contributed by atoms with Crippen LogP contribution >= 0.6 is 0 Å². The molecule has 0 radical (unpaired) electrons. The molecule has 3 N–H and O–H groups in total. The van der Waals surface area contributed by atoms with Crippen molar-refractivity contribution in [1.82, 2.24) is 20.1 Å². The quantitative estimate of drug-likeness (QED) is 0.454. The van der Waals surface area contributed by atoms with E-state index in [2.05, 4.69) is 39.2 Å². The van der Waals surface area contributed by atoms with Crippen LogP contribution in [0.4, 0.5) is 16.2 Å². The smallest absolute Gasteiger partial charge is 0.334 e. The highest BCUT2D eigenvalue weighted by molar-refractivity contribution is 6.27. The minimum Gasteiger partial charge on any atom is -0.379 e. The number of aromatic amines is 1. The second kappa shape index (κ2) is 9.05. The molecule has 1 aliphatic carbocycles. The van der Waals surface area contributed by atoms with Crippen molar-refractivity contribution in [2.75, 3.05) is 69.4 Å².